The maximum atomic E-state index is 11.1. The summed E-state index contributed by atoms with van der Waals surface area (Å²) in [6.45, 7) is 6.34. The Balaban J connectivity index is 3.38. The summed E-state index contributed by atoms with van der Waals surface area (Å²) in [6, 6.07) is 0. The van der Waals surface area contributed by atoms with Crippen molar-refractivity contribution in [2.24, 2.45) is 0 Å². The standard InChI is InChI=1S/C11H20O2/c1-4-6-7-8-9-13-11(12)10(3)5-2/h5H,4,6-9H2,1-3H3/b10-5+. The van der Waals surface area contributed by atoms with Crippen molar-refractivity contribution < 1.29 is 9.53 Å². The molecular formula is C11H20O2. The SMILES string of the molecule is C/C=C(\C)C(=O)OCCCCCC. The summed E-state index contributed by atoms with van der Waals surface area (Å²) in [4.78, 5) is 11.1. The molecular weight excluding hydrogens is 164 g/mol. The smallest absolute Gasteiger partial charge is 0.333 e. The van der Waals surface area contributed by atoms with Crippen molar-refractivity contribution in [1.29, 1.82) is 0 Å². The Bertz CT molecular complexity index is 171. The van der Waals surface area contributed by atoms with E-state index < -0.39 is 0 Å². The first-order valence-electron chi connectivity index (χ1n) is 5.02. The Hall–Kier alpha value is -0.790. The number of hydrogen-bond donors (Lipinski definition) is 0. The molecule has 0 amide bonds. The molecule has 2 heteroatoms. The summed E-state index contributed by atoms with van der Waals surface area (Å²) in [6.07, 6.45) is 6.34. The molecule has 0 aromatic carbocycles. The Morgan fingerprint density at radius 3 is 2.54 bits per heavy atom. The van der Waals surface area contributed by atoms with Gasteiger partial charge in [0, 0.05) is 5.57 Å². The normalized spacial score (nSPS) is 11.5. The second-order valence-corrected chi connectivity index (χ2v) is 3.17. The van der Waals surface area contributed by atoms with Crippen molar-refractivity contribution >= 4 is 5.97 Å². The predicted octanol–water partition coefficient (Wildman–Crippen LogP) is 3.08. The van der Waals surface area contributed by atoms with Crippen molar-refractivity contribution in [3.05, 3.63) is 11.6 Å². The molecule has 13 heavy (non-hydrogen) atoms. The molecule has 0 N–H and O–H groups in total. The third-order valence-electron chi connectivity index (χ3n) is 1.99. The Morgan fingerprint density at radius 1 is 1.31 bits per heavy atom. The van der Waals surface area contributed by atoms with Gasteiger partial charge in [0.25, 0.3) is 0 Å². The predicted molar refractivity (Wildman–Crippen MR) is 54.5 cm³/mol. The van der Waals surface area contributed by atoms with Gasteiger partial charge < -0.3 is 4.74 Å². The lowest BCUT2D eigenvalue weighted by Crippen LogP contribution is -2.06. The Labute approximate surface area is 81.0 Å². The van der Waals surface area contributed by atoms with Gasteiger partial charge in [-0.05, 0) is 20.3 Å². The van der Waals surface area contributed by atoms with Gasteiger partial charge in [0.2, 0.25) is 0 Å². The zero-order chi connectivity index (χ0) is 10.1. The minimum absolute atomic E-state index is 0.181. The maximum Gasteiger partial charge on any atom is 0.333 e. The number of ether oxygens (including phenoxy) is 1. The third-order valence-corrected chi connectivity index (χ3v) is 1.99. The second-order valence-electron chi connectivity index (χ2n) is 3.17. The molecule has 0 bridgehead atoms. The summed E-state index contributed by atoms with van der Waals surface area (Å²) in [5.74, 6) is -0.181. The zero-order valence-corrected chi connectivity index (χ0v) is 8.93. The molecule has 0 aliphatic heterocycles. The number of esters is 1. The summed E-state index contributed by atoms with van der Waals surface area (Å²) < 4.78 is 5.03. The van der Waals surface area contributed by atoms with Gasteiger partial charge in [0.1, 0.15) is 0 Å². The van der Waals surface area contributed by atoms with Crippen LogP contribution in [0, 0.1) is 0 Å². The highest BCUT2D eigenvalue weighted by Crippen LogP contribution is 2.01. The fourth-order valence-electron chi connectivity index (χ4n) is 0.925. The Morgan fingerprint density at radius 2 is 2.00 bits per heavy atom. The van der Waals surface area contributed by atoms with Crippen molar-refractivity contribution in [3.8, 4) is 0 Å². The van der Waals surface area contributed by atoms with E-state index in [0.717, 1.165) is 12.8 Å². The van der Waals surface area contributed by atoms with Crippen molar-refractivity contribution in [1.82, 2.24) is 0 Å². The van der Waals surface area contributed by atoms with E-state index in [1.807, 2.05) is 6.92 Å². The van der Waals surface area contributed by atoms with Crippen LogP contribution in [0.4, 0.5) is 0 Å². The zero-order valence-electron chi connectivity index (χ0n) is 8.93. The van der Waals surface area contributed by atoms with Crippen molar-refractivity contribution in [2.75, 3.05) is 6.61 Å². The topological polar surface area (TPSA) is 26.3 Å². The number of carbonyl (C=O) groups is 1. The number of carbonyl (C=O) groups excluding carboxylic acids is 1. The van der Waals surface area contributed by atoms with Crippen LogP contribution >= 0.6 is 0 Å². The first-order valence-corrected chi connectivity index (χ1v) is 5.02. The largest absolute Gasteiger partial charge is 0.462 e. The van der Waals surface area contributed by atoms with Gasteiger partial charge in [0.05, 0.1) is 6.61 Å². The van der Waals surface area contributed by atoms with Crippen LogP contribution < -0.4 is 0 Å². The molecule has 0 aliphatic carbocycles. The fraction of sp³-hybridized carbons (Fsp3) is 0.727. The highest BCUT2D eigenvalue weighted by molar-refractivity contribution is 5.87. The van der Waals surface area contributed by atoms with E-state index in [0.29, 0.717) is 12.2 Å². The molecule has 0 saturated carbocycles. The van der Waals surface area contributed by atoms with Crippen LogP contribution in [0.1, 0.15) is 46.5 Å². The van der Waals surface area contributed by atoms with E-state index in [-0.39, 0.29) is 5.97 Å². The summed E-state index contributed by atoms with van der Waals surface area (Å²) >= 11 is 0. The lowest BCUT2D eigenvalue weighted by atomic mass is 10.2. The van der Waals surface area contributed by atoms with Crippen LogP contribution in [-0.4, -0.2) is 12.6 Å². The van der Waals surface area contributed by atoms with Crippen molar-refractivity contribution in [3.63, 3.8) is 0 Å². The molecule has 0 fully saturated rings. The van der Waals surface area contributed by atoms with Gasteiger partial charge in [0.15, 0.2) is 0 Å². The molecule has 0 aromatic rings. The average molecular weight is 184 g/mol. The molecule has 0 radical (unpaired) electrons. The van der Waals surface area contributed by atoms with Crippen LogP contribution in [0.3, 0.4) is 0 Å². The van der Waals surface area contributed by atoms with Crippen LogP contribution in [0.15, 0.2) is 11.6 Å². The van der Waals surface area contributed by atoms with Gasteiger partial charge in [-0.1, -0.05) is 32.3 Å². The van der Waals surface area contributed by atoms with E-state index in [4.69, 9.17) is 4.74 Å². The van der Waals surface area contributed by atoms with E-state index in [1.54, 1.807) is 13.0 Å². The number of allylic oxidation sites excluding steroid dienone is 1. The van der Waals surface area contributed by atoms with Gasteiger partial charge in [-0.3, -0.25) is 0 Å². The van der Waals surface area contributed by atoms with Gasteiger partial charge >= 0.3 is 5.97 Å². The van der Waals surface area contributed by atoms with Crippen LogP contribution in [0.25, 0.3) is 0 Å². The van der Waals surface area contributed by atoms with E-state index >= 15 is 0 Å². The highest BCUT2D eigenvalue weighted by atomic mass is 16.5. The molecule has 0 rings (SSSR count). The van der Waals surface area contributed by atoms with Gasteiger partial charge in [-0.15, -0.1) is 0 Å². The quantitative estimate of drug-likeness (QED) is 0.360. The number of unbranched alkanes of at least 4 members (excludes halogenated alkanes) is 3. The van der Waals surface area contributed by atoms with E-state index in [9.17, 15) is 4.79 Å². The third kappa shape index (κ3) is 6.38. The minimum atomic E-state index is -0.181. The highest BCUT2D eigenvalue weighted by Gasteiger charge is 2.02. The monoisotopic (exact) mass is 184 g/mol. The minimum Gasteiger partial charge on any atom is -0.462 e. The lowest BCUT2D eigenvalue weighted by Gasteiger charge is -2.03. The van der Waals surface area contributed by atoms with E-state index in [2.05, 4.69) is 6.92 Å². The average Bonchev–Trinajstić information content (AvgIpc) is 2.16. The maximum absolute atomic E-state index is 11.1. The van der Waals surface area contributed by atoms with Crippen LogP contribution in [-0.2, 0) is 9.53 Å². The molecule has 0 aliphatic rings. The van der Waals surface area contributed by atoms with Crippen LogP contribution in [0.2, 0.25) is 0 Å². The molecule has 76 valence electrons. The summed E-state index contributed by atoms with van der Waals surface area (Å²) in [7, 11) is 0. The van der Waals surface area contributed by atoms with Gasteiger partial charge in [-0.25, -0.2) is 4.79 Å². The summed E-state index contributed by atoms with van der Waals surface area (Å²) in [5, 5.41) is 0. The lowest BCUT2D eigenvalue weighted by molar-refractivity contribution is -0.139. The molecule has 0 saturated heterocycles. The van der Waals surface area contributed by atoms with Crippen LogP contribution in [0.5, 0.6) is 0 Å². The number of rotatable bonds is 6. The van der Waals surface area contributed by atoms with Gasteiger partial charge in [-0.2, -0.15) is 0 Å². The van der Waals surface area contributed by atoms with E-state index in [1.165, 1.54) is 12.8 Å². The number of hydrogen-bond acceptors (Lipinski definition) is 2. The molecule has 0 atom stereocenters. The summed E-state index contributed by atoms with van der Waals surface area (Å²) in [5.41, 5.74) is 0.690. The molecule has 0 unspecified atom stereocenters. The van der Waals surface area contributed by atoms with Crippen molar-refractivity contribution in [2.45, 2.75) is 46.5 Å². The molecule has 2 nitrogen and oxygen atoms in total. The second kappa shape index (κ2) is 7.84. The fourth-order valence-corrected chi connectivity index (χ4v) is 0.925. The first kappa shape index (κ1) is 12.2. The molecule has 0 heterocycles. The molecule has 0 aromatic heterocycles. The Kier molecular flexibility index (Phi) is 7.36. The first-order chi connectivity index (χ1) is 6.22. The molecule has 0 spiro atoms.